The summed E-state index contributed by atoms with van der Waals surface area (Å²) in [5, 5.41) is 3.08. The summed E-state index contributed by atoms with van der Waals surface area (Å²) in [6.07, 6.45) is 0.879. The van der Waals surface area contributed by atoms with Crippen molar-refractivity contribution in [2.75, 3.05) is 7.05 Å². The lowest BCUT2D eigenvalue weighted by Gasteiger charge is -2.16. The van der Waals surface area contributed by atoms with Gasteiger partial charge in [0.2, 0.25) is 0 Å². The van der Waals surface area contributed by atoms with E-state index in [1.54, 1.807) is 0 Å². The lowest BCUT2D eigenvalue weighted by Crippen LogP contribution is -2.35. The van der Waals surface area contributed by atoms with Crippen LogP contribution in [0.1, 0.15) is 30.6 Å². The van der Waals surface area contributed by atoms with Crippen molar-refractivity contribution in [1.29, 1.82) is 0 Å². The van der Waals surface area contributed by atoms with Crippen LogP contribution in [-0.4, -0.2) is 18.9 Å². The van der Waals surface area contributed by atoms with Gasteiger partial charge in [-0.1, -0.05) is 44.2 Å². The molecule has 0 radical (unpaired) electrons. The standard InChI is InChI=1S/C13H19NO.ClH/c1-10(2)9-12(14-3)13(15)11-7-5-4-6-8-11;/h4-8,10,12,14H,9H2,1-3H3;1H. The van der Waals surface area contributed by atoms with Gasteiger partial charge in [0.1, 0.15) is 0 Å². The van der Waals surface area contributed by atoms with E-state index in [1.165, 1.54) is 0 Å². The van der Waals surface area contributed by atoms with Gasteiger partial charge in [0, 0.05) is 5.56 Å². The van der Waals surface area contributed by atoms with Gasteiger partial charge in [-0.05, 0) is 19.4 Å². The van der Waals surface area contributed by atoms with Gasteiger partial charge in [0.15, 0.2) is 5.78 Å². The fourth-order valence-electron chi connectivity index (χ4n) is 1.63. The maximum absolute atomic E-state index is 12.0. The molecule has 16 heavy (non-hydrogen) atoms. The average Bonchev–Trinajstić information content (AvgIpc) is 2.26. The van der Waals surface area contributed by atoms with Crippen LogP contribution in [0.4, 0.5) is 0 Å². The summed E-state index contributed by atoms with van der Waals surface area (Å²) in [7, 11) is 1.84. The second-order valence-corrected chi connectivity index (χ2v) is 4.20. The number of rotatable bonds is 5. The number of likely N-dealkylation sites (N-methyl/N-ethyl adjacent to an activating group) is 1. The monoisotopic (exact) mass is 241 g/mol. The second-order valence-electron chi connectivity index (χ2n) is 4.20. The van der Waals surface area contributed by atoms with E-state index in [1.807, 2.05) is 37.4 Å². The van der Waals surface area contributed by atoms with Crippen LogP contribution in [0, 0.1) is 5.92 Å². The van der Waals surface area contributed by atoms with Gasteiger partial charge in [0.25, 0.3) is 0 Å². The molecule has 0 heterocycles. The smallest absolute Gasteiger partial charge is 0.179 e. The van der Waals surface area contributed by atoms with Crippen LogP contribution < -0.4 is 5.32 Å². The zero-order valence-corrected chi connectivity index (χ0v) is 10.9. The number of halogens is 1. The molecule has 0 saturated heterocycles. The predicted octanol–water partition coefficient (Wildman–Crippen LogP) is 2.93. The van der Waals surface area contributed by atoms with Crippen molar-refractivity contribution >= 4 is 18.2 Å². The summed E-state index contributed by atoms with van der Waals surface area (Å²) in [4.78, 5) is 12.0. The molecule has 1 rings (SSSR count). The quantitative estimate of drug-likeness (QED) is 0.804. The molecule has 1 N–H and O–H groups in total. The lowest BCUT2D eigenvalue weighted by molar-refractivity contribution is 0.0935. The van der Waals surface area contributed by atoms with Crippen LogP contribution >= 0.6 is 12.4 Å². The van der Waals surface area contributed by atoms with Gasteiger partial charge >= 0.3 is 0 Å². The number of carbonyl (C=O) groups is 1. The summed E-state index contributed by atoms with van der Waals surface area (Å²) in [6, 6.07) is 9.39. The third kappa shape index (κ3) is 4.33. The number of Topliss-reactive ketones (excluding diaryl/α,β-unsaturated/α-hetero) is 1. The van der Waals surface area contributed by atoms with E-state index < -0.39 is 0 Å². The molecule has 90 valence electrons. The first-order chi connectivity index (χ1) is 7.15. The van der Waals surface area contributed by atoms with Crippen LogP contribution in [0.25, 0.3) is 0 Å². The second kappa shape index (κ2) is 7.42. The van der Waals surface area contributed by atoms with Crippen molar-refractivity contribution in [3.05, 3.63) is 35.9 Å². The average molecular weight is 242 g/mol. The topological polar surface area (TPSA) is 29.1 Å². The van der Waals surface area contributed by atoms with E-state index >= 15 is 0 Å². The lowest BCUT2D eigenvalue weighted by atomic mass is 9.96. The maximum Gasteiger partial charge on any atom is 0.179 e. The molecule has 0 bridgehead atoms. The third-order valence-electron chi connectivity index (χ3n) is 2.43. The molecule has 2 nitrogen and oxygen atoms in total. The Morgan fingerprint density at radius 2 is 1.81 bits per heavy atom. The Hall–Kier alpha value is -0.860. The van der Waals surface area contributed by atoms with Gasteiger partial charge in [0.05, 0.1) is 6.04 Å². The van der Waals surface area contributed by atoms with Crippen LogP contribution in [0.5, 0.6) is 0 Å². The highest BCUT2D eigenvalue weighted by molar-refractivity contribution is 6.00. The van der Waals surface area contributed by atoms with E-state index in [4.69, 9.17) is 0 Å². The van der Waals surface area contributed by atoms with E-state index in [0.29, 0.717) is 5.92 Å². The van der Waals surface area contributed by atoms with Crippen molar-refractivity contribution in [2.24, 2.45) is 5.92 Å². The largest absolute Gasteiger partial charge is 0.310 e. The molecule has 0 aliphatic carbocycles. The first-order valence-electron chi connectivity index (χ1n) is 5.41. The molecule has 0 aromatic heterocycles. The SMILES string of the molecule is CNC(CC(C)C)C(=O)c1ccccc1.Cl. The van der Waals surface area contributed by atoms with Crippen LogP contribution in [0.3, 0.4) is 0 Å². The summed E-state index contributed by atoms with van der Waals surface area (Å²) in [5.41, 5.74) is 0.789. The Kier molecular flexibility index (Phi) is 7.02. The summed E-state index contributed by atoms with van der Waals surface area (Å²) in [5.74, 6) is 0.710. The minimum atomic E-state index is -0.0626. The third-order valence-corrected chi connectivity index (χ3v) is 2.43. The number of hydrogen-bond acceptors (Lipinski definition) is 2. The number of carbonyl (C=O) groups excluding carboxylic acids is 1. The highest BCUT2D eigenvalue weighted by atomic mass is 35.5. The zero-order chi connectivity index (χ0) is 11.3. The van der Waals surface area contributed by atoms with Crippen LogP contribution in [-0.2, 0) is 0 Å². The zero-order valence-electron chi connectivity index (χ0n) is 10.1. The van der Waals surface area contributed by atoms with Crippen LogP contribution in [0.2, 0.25) is 0 Å². The first-order valence-corrected chi connectivity index (χ1v) is 5.41. The minimum Gasteiger partial charge on any atom is -0.310 e. The fraction of sp³-hybridized carbons (Fsp3) is 0.462. The Morgan fingerprint density at radius 1 is 1.25 bits per heavy atom. The molecule has 1 atom stereocenters. The molecular formula is C13H20ClNO. The Morgan fingerprint density at radius 3 is 2.25 bits per heavy atom. The fourth-order valence-corrected chi connectivity index (χ4v) is 1.63. The van der Waals surface area contributed by atoms with Crippen molar-refractivity contribution in [2.45, 2.75) is 26.3 Å². The Balaban J connectivity index is 0.00000225. The summed E-state index contributed by atoms with van der Waals surface area (Å²) < 4.78 is 0. The number of nitrogens with one attached hydrogen (secondary N) is 1. The normalized spacial score (nSPS) is 12.0. The van der Waals surface area contributed by atoms with Gasteiger partial charge in [-0.3, -0.25) is 4.79 Å². The summed E-state index contributed by atoms with van der Waals surface area (Å²) in [6.45, 7) is 4.26. The van der Waals surface area contributed by atoms with Crippen molar-refractivity contribution < 1.29 is 4.79 Å². The molecule has 0 spiro atoms. The van der Waals surface area contributed by atoms with E-state index in [-0.39, 0.29) is 24.2 Å². The molecule has 0 fully saturated rings. The van der Waals surface area contributed by atoms with E-state index in [2.05, 4.69) is 19.2 Å². The minimum absolute atomic E-state index is 0. The molecular weight excluding hydrogens is 222 g/mol. The molecule has 1 aromatic rings. The van der Waals surface area contributed by atoms with E-state index in [0.717, 1.165) is 12.0 Å². The predicted molar refractivity (Wildman–Crippen MR) is 70.3 cm³/mol. The Labute approximate surface area is 104 Å². The maximum atomic E-state index is 12.0. The highest BCUT2D eigenvalue weighted by Crippen LogP contribution is 2.10. The molecule has 0 aliphatic rings. The van der Waals surface area contributed by atoms with Gasteiger partial charge < -0.3 is 5.32 Å². The number of benzene rings is 1. The van der Waals surface area contributed by atoms with Gasteiger partial charge in [-0.25, -0.2) is 0 Å². The van der Waals surface area contributed by atoms with E-state index in [9.17, 15) is 4.79 Å². The highest BCUT2D eigenvalue weighted by Gasteiger charge is 2.18. The molecule has 0 aliphatic heterocycles. The van der Waals surface area contributed by atoms with Crippen molar-refractivity contribution in [1.82, 2.24) is 5.32 Å². The van der Waals surface area contributed by atoms with Gasteiger partial charge in [-0.15, -0.1) is 12.4 Å². The molecule has 0 amide bonds. The molecule has 3 heteroatoms. The number of ketones is 1. The molecule has 1 unspecified atom stereocenters. The first kappa shape index (κ1) is 15.1. The van der Waals surface area contributed by atoms with Crippen molar-refractivity contribution in [3.63, 3.8) is 0 Å². The van der Waals surface area contributed by atoms with Crippen molar-refractivity contribution in [3.8, 4) is 0 Å². The molecule has 1 aromatic carbocycles. The Bertz CT molecular complexity index is 311. The number of hydrogen-bond donors (Lipinski definition) is 1. The van der Waals surface area contributed by atoms with Gasteiger partial charge in [-0.2, -0.15) is 0 Å². The molecule has 0 saturated carbocycles. The summed E-state index contributed by atoms with van der Waals surface area (Å²) >= 11 is 0. The van der Waals surface area contributed by atoms with Crippen LogP contribution in [0.15, 0.2) is 30.3 Å².